The van der Waals surface area contributed by atoms with Crippen LogP contribution in [0.25, 0.3) is 10.1 Å². The van der Waals surface area contributed by atoms with Gasteiger partial charge in [0.2, 0.25) is 0 Å². The number of fused-ring (bicyclic) bond motifs is 1. The summed E-state index contributed by atoms with van der Waals surface area (Å²) in [6, 6.07) is 17.9. The number of nitrogens with zero attached hydrogens (tertiary/aromatic N) is 1. The van der Waals surface area contributed by atoms with Crippen molar-refractivity contribution in [1.82, 2.24) is 5.32 Å². The van der Waals surface area contributed by atoms with E-state index >= 15 is 0 Å². The van der Waals surface area contributed by atoms with Crippen LogP contribution in [0.3, 0.4) is 0 Å². The van der Waals surface area contributed by atoms with Crippen molar-refractivity contribution in [3.8, 4) is 0 Å². The van der Waals surface area contributed by atoms with Crippen LogP contribution in [0.15, 0.2) is 53.9 Å². The normalized spacial score (nSPS) is 15.7. The van der Waals surface area contributed by atoms with Crippen molar-refractivity contribution in [3.63, 3.8) is 0 Å². The number of benzene rings is 2. The van der Waals surface area contributed by atoms with E-state index in [0.29, 0.717) is 6.04 Å². The molecule has 1 N–H and O–H groups in total. The predicted octanol–water partition coefficient (Wildman–Crippen LogP) is 5.31. The molecule has 2 heterocycles. The van der Waals surface area contributed by atoms with E-state index in [2.05, 4.69) is 52.0 Å². The number of thiophene rings is 1. The fraction of sp³-hybridized carbons (Fsp3) is 0.300. The third-order valence-electron chi connectivity index (χ3n) is 4.78. The van der Waals surface area contributed by atoms with Crippen molar-refractivity contribution in [3.05, 3.63) is 64.5 Å². The number of hydrogen-bond acceptors (Lipinski definition) is 3. The Morgan fingerprint density at radius 2 is 1.83 bits per heavy atom. The Kier molecular flexibility index (Phi) is 4.74. The lowest BCUT2D eigenvalue weighted by atomic mass is 10.0. The fourth-order valence-electron chi connectivity index (χ4n) is 3.47. The lowest BCUT2D eigenvalue weighted by Gasteiger charge is -2.36. The molecule has 0 atom stereocenters. The fourth-order valence-corrected chi connectivity index (χ4v) is 4.37. The lowest BCUT2D eigenvalue weighted by molar-refractivity contribution is 0.428. The number of nitrogens with one attached hydrogen (secondary N) is 1. The molecule has 0 saturated carbocycles. The topological polar surface area (TPSA) is 15.3 Å². The van der Waals surface area contributed by atoms with Gasteiger partial charge in [-0.05, 0) is 78.7 Å². The van der Waals surface area contributed by atoms with Crippen LogP contribution >= 0.6 is 22.9 Å². The zero-order chi connectivity index (χ0) is 16.4. The monoisotopic (exact) mass is 356 g/mol. The number of rotatable bonds is 4. The minimum atomic E-state index is 0.581. The Labute approximate surface area is 152 Å². The maximum atomic E-state index is 6.05. The molecule has 1 aliphatic heterocycles. The summed E-state index contributed by atoms with van der Waals surface area (Å²) in [4.78, 5) is 2.57. The summed E-state index contributed by atoms with van der Waals surface area (Å²) in [6.45, 7) is 3.13. The Morgan fingerprint density at radius 1 is 1.04 bits per heavy atom. The first-order valence-electron chi connectivity index (χ1n) is 8.49. The van der Waals surface area contributed by atoms with E-state index < -0.39 is 0 Å². The highest BCUT2D eigenvalue weighted by Crippen LogP contribution is 2.30. The van der Waals surface area contributed by atoms with Gasteiger partial charge in [0, 0.05) is 28.0 Å². The third kappa shape index (κ3) is 3.44. The summed E-state index contributed by atoms with van der Waals surface area (Å²) >= 11 is 7.85. The predicted molar refractivity (Wildman–Crippen MR) is 105 cm³/mol. The van der Waals surface area contributed by atoms with Crippen LogP contribution in [-0.2, 0) is 6.54 Å². The van der Waals surface area contributed by atoms with Gasteiger partial charge in [-0.2, -0.15) is 0 Å². The molecule has 1 saturated heterocycles. The second-order valence-corrected chi connectivity index (χ2v) is 7.76. The summed E-state index contributed by atoms with van der Waals surface area (Å²) in [6.07, 6.45) is 2.38. The maximum Gasteiger partial charge on any atom is 0.0432 e. The third-order valence-corrected chi connectivity index (χ3v) is 5.93. The second-order valence-electron chi connectivity index (χ2n) is 6.38. The Balaban J connectivity index is 1.66. The number of anilines is 1. The highest BCUT2D eigenvalue weighted by Gasteiger charge is 2.22. The zero-order valence-corrected chi connectivity index (χ0v) is 15.1. The van der Waals surface area contributed by atoms with Gasteiger partial charge in [-0.3, -0.25) is 0 Å². The number of piperidine rings is 1. The van der Waals surface area contributed by atoms with Crippen molar-refractivity contribution in [2.75, 3.05) is 18.0 Å². The van der Waals surface area contributed by atoms with Crippen molar-refractivity contribution in [2.45, 2.75) is 25.4 Å². The molecule has 1 aliphatic rings. The van der Waals surface area contributed by atoms with E-state index in [-0.39, 0.29) is 0 Å². The Morgan fingerprint density at radius 3 is 2.62 bits per heavy atom. The van der Waals surface area contributed by atoms with Crippen LogP contribution in [0, 0.1) is 0 Å². The van der Waals surface area contributed by atoms with E-state index in [1.807, 2.05) is 12.1 Å². The molecule has 124 valence electrons. The lowest BCUT2D eigenvalue weighted by Crippen LogP contribution is -2.43. The van der Waals surface area contributed by atoms with Crippen molar-refractivity contribution in [1.29, 1.82) is 0 Å². The van der Waals surface area contributed by atoms with Gasteiger partial charge in [0.25, 0.3) is 0 Å². The van der Waals surface area contributed by atoms with Gasteiger partial charge < -0.3 is 10.2 Å². The van der Waals surface area contributed by atoms with Gasteiger partial charge in [0.15, 0.2) is 0 Å². The van der Waals surface area contributed by atoms with Gasteiger partial charge in [0.1, 0.15) is 0 Å². The molecule has 2 nitrogen and oxygen atoms in total. The summed E-state index contributed by atoms with van der Waals surface area (Å²) in [7, 11) is 0. The molecule has 4 heteroatoms. The van der Waals surface area contributed by atoms with Crippen molar-refractivity contribution < 1.29 is 0 Å². The van der Waals surface area contributed by atoms with Gasteiger partial charge in [-0.15, -0.1) is 11.3 Å². The van der Waals surface area contributed by atoms with Crippen LogP contribution in [0.4, 0.5) is 5.69 Å². The molecule has 2 aromatic carbocycles. The Bertz CT molecular complexity index is 806. The average molecular weight is 357 g/mol. The molecule has 0 amide bonds. The van der Waals surface area contributed by atoms with Crippen molar-refractivity contribution in [2.24, 2.45) is 0 Å². The minimum absolute atomic E-state index is 0.581. The number of hydrogen-bond donors (Lipinski definition) is 1. The van der Waals surface area contributed by atoms with E-state index in [1.54, 1.807) is 11.3 Å². The van der Waals surface area contributed by atoms with Gasteiger partial charge in [0.05, 0.1) is 0 Å². The first-order chi connectivity index (χ1) is 11.8. The molecule has 24 heavy (non-hydrogen) atoms. The molecule has 0 aliphatic carbocycles. The summed E-state index contributed by atoms with van der Waals surface area (Å²) < 4.78 is 1.36. The number of halogens is 1. The first-order valence-corrected chi connectivity index (χ1v) is 9.74. The van der Waals surface area contributed by atoms with Gasteiger partial charge in [-0.1, -0.05) is 23.7 Å². The van der Waals surface area contributed by atoms with Crippen LogP contribution in [-0.4, -0.2) is 19.1 Å². The molecular weight excluding hydrogens is 336 g/mol. The molecular formula is C20H21ClN2S. The van der Waals surface area contributed by atoms with E-state index in [0.717, 1.165) is 24.7 Å². The largest absolute Gasteiger partial charge is 0.364 e. The molecule has 1 aromatic heterocycles. The average Bonchev–Trinajstić information content (AvgIpc) is 3.09. The molecule has 3 aromatic rings. The van der Waals surface area contributed by atoms with Crippen LogP contribution in [0.5, 0.6) is 0 Å². The van der Waals surface area contributed by atoms with E-state index in [1.165, 1.54) is 34.2 Å². The van der Waals surface area contributed by atoms with Crippen LogP contribution in [0.2, 0.25) is 5.02 Å². The first kappa shape index (κ1) is 15.9. The Hall–Kier alpha value is -1.55. The quantitative estimate of drug-likeness (QED) is 0.681. The highest BCUT2D eigenvalue weighted by atomic mass is 35.5. The summed E-state index contributed by atoms with van der Waals surface area (Å²) in [5.41, 5.74) is 2.63. The van der Waals surface area contributed by atoms with Crippen LogP contribution < -0.4 is 10.2 Å². The van der Waals surface area contributed by atoms with Gasteiger partial charge in [-0.25, -0.2) is 0 Å². The smallest absolute Gasteiger partial charge is 0.0432 e. The highest BCUT2D eigenvalue weighted by molar-refractivity contribution is 7.17. The SMILES string of the molecule is Clc1ccc(CN(c2ccc3sccc3c2)C2CCNCC2)cc1. The summed E-state index contributed by atoms with van der Waals surface area (Å²) in [5.74, 6) is 0. The molecule has 0 spiro atoms. The second kappa shape index (κ2) is 7.14. The standard InChI is InChI=1S/C20H21ClN2S/c21-17-3-1-15(2-4-17)14-23(18-7-10-22-11-8-18)19-5-6-20-16(13-19)9-12-24-20/h1-6,9,12-13,18,22H,7-8,10-11,14H2. The molecule has 0 bridgehead atoms. The molecule has 0 unspecified atom stereocenters. The van der Waals surface area contributed by atoms with Crippen molar-refractivity contribution >= 4 is 38.7 Å². The van der Waals surface area contributed by atoms with E-state index in [9.17, 15) is 0 Å². The molecule has 4 rings (SSSR count). The summed E-state index contributed by atoms with van der Waals surface area (Å²) in [5, 5.41) is 7.78. The molecule has 1 fully saturated rings. The van der Waals surface area contributed by atoms with Crippen LogP contribution in [0.1, 0.15) is 18.4 Å². The molecule has 0 radical (unpaired) electrons. The van der Waals surface area contributed by atoms with Gasteiger partial charge >= 0.3 is 0 Å². The minimum Gasteiger partial charge on any atom is -0.364 e. The van der Waals surface area contributed by atoms with E-state index in [4.69, 9.17) is 11.6 Å². The zero-order valence-electron chi connectivity index (χ0n) is 13.5. The maximum absolute atomic E-state index is 6.05.